The Labute approximate surface area is 128 Å². The molecule has 1 N–H and O–H groups in total. The van der Waals surface area contributed by atoms with E-state index < -0.39 is 0 Å². The molecule has 21 heavy (non-hydrogen) atoms. The first-order valence-electron chi connectivity index (χ1n) is 7.01. The largest absolute Gasteiger partial charge is 0.339 e. The van der Waals surface area contributed by atoms with E-state index in [2.05, 4.69) is 44.8 Å². The van der Waals surface area contributed by atoms with Crippen LogP contribution in [0, 0.1) is 0 Å². The molecule has 0 fully saturated rings. The molecule has 0 unspecified atom stereocenters. The van der Waals surface area contributed by atoms with Gasteiger partial charge < -0.3 is 9.84 Å². The van der Waals surface area contributed by atoms with E-state index in [9.17, 15) is 0 Å². The number of rotatable bonds is 8. The van der Waals surface area contributed by atoms with Crippen LogP contribution >= 0.6 is 11.8 Å². The van der Waals surface area contributed by atoms with Gasteiger partial charge in [-0.1, -0.05) is 44.6 Å². The van der Waals surface area contributed by atoms with Gasteiger partial charge in [0.15, 0.2) is 5.82 Å². The SMILES string of the molecule is CC(C)NCCn1nnnc1SCc1noc(C(C)C)n1. The fourth-order valence-electron chi connectivity index (χ4n) is 1.59. The van der Waals surface area contributed by atoms with E-state index in [1.807, 2.05) is 13.8 Å². The van der Waals surface area contributed by atoms with E-state index in [0.29, 0.717) is 23.5 Å². The highest BCUT2D eigenvalue weighted by Crippen LogP contribution is 2.19. The van der Waals surface area contributed by atoms with Crippen LogP contribution in [0.25, 0.3) is 0 Å². The lowest BCUT2D eigenvalue weighted by Crippen LogP contribution is -2.27. The molecule has 0 aliphatic rings. The van der Waals surface area contributed by atoms with Crippen LogP contribution in [0.1, 0.15) is 45.3 Å². The van der Waals surface area contributed by atoms with Crippen molar-refractivity contribution in [1.29, 1.82) is 0 Å². The molecule has 2 heterocycles. The van der Waals surface area contributed by atoms with E-state index >= 15 is 0 Å². The van der Waals surface area contributed by atoms with Gasteiger partial charge >= 0.3 is 0 Å². The van der Waals surface area contributed by atoms with Crippen molar-refractivity contribution >= 4 is 11.8 Å². The number of aromatic nitrogens is 6. The van der Waals surface area contributed by atoms with Gasteiger partial charge in [0, 0.05) is 18.5 Å². The van der Waals surface area contributed by atoms with Crippen LogP contribution < -0.4 is 5.32 Å². The number of tetrazole rings is 1. The Balaban J connectivity index is 1.86. The predicted octanol–water partition coefficient (Wildman–Crippen LogP) is 1.47. The average molecular weight is 311 g/mol. The minimum absolute atomic E-state index is 0.240. The molecule has 0 saturated heterocycles. The zero-order chi connectivity index (χ0) is 15.2. The van der Waals surface area contributed by atoms with Gasteiger partial charge in [0.1, 0.15) is 0 Å². The maximum atomic E-state index is 5.17. The maximum absolute atomic E-state index is 5.17. The third kappa shape index (κ3) is 4.78. The Bertz CT molecular complexity index is 551. The molecule has 2 aromatic rings. The molecule has 0 aliphatic heterocycles. The predicted molar refractivity (Wildman–Crippen MR) is 78.9 cm³/mol. The van der Waals surface area contributed by atoms with Crippen molar-refractivity contribution in [2.75, 3.05) is 6.54 Å². The quantitative estimate of drug-likeness (QED) is 0.732. The molecule has 0 saturated carbocycles. The lowest BCUT2D eigenvalue weighted by Gasteiger charge is -2.08. The first-order chi connectivity index (χ1) is 10.1. The van der Waals surface area contributed by atoms with Crippen LogP contribution in [0.3, 0.4) is 0 Å². The summed E-state index contributed by atoms with van der Waals surface area (Å²) in [4.78, 5) is 4.34. The highest BCUT2D eigenvalue weighted by Gasteiger charge is 2.12. The van der Waals surface area contributed by atoms with Crippen LogP contribution in [0.2, 0.25) is 0 Å². The fourth-order valence-corrected chi connectivity index (χ4v) is 2.34. The summed E-state index contributed by atoms with van der Waals surface area (Å²) < 4.78 is 6.96. The summed E-state index contributed by atoms with van der Waals surface area (Å²) in [5.41, 5.74) is 0. The Morgan fingerprint density at radius 3 is 2.76 bits per heavy atom. The molecule has 116 valence electrons. The molecule has 0 radical (unpaired) electrons. The van der Waals surface area contributed by atoms with Crippen molar-refractivity contribution in [3.05, 3.63) is 11.7 Å². The van der Waals surface area contributed by atoms with Crippen molar-refractivity contribution in [2.45, 2.75) is 57.1 Å². The molecule has 0 atom stereocenters. The first-order valence-corrected chi connectivity index (χ1v) is 7.99. The Morgan fingerprint density at radius 1 is 1.29 bits per heavy atom. The van der Waals surface area contributed by atoms with Gasteiger partial charge in [0.25, 0.3) is 0 Å². The van der Waals surface area contributed by atoms with Gasteiger partial charge in [0.2, 0.25) is 11.0 Å². The van der Waals surface area contributed by atoms with Gasteiger partial charge in [-0.05, 0) is 10.4 Å². The zero-order valence-corrected chi connectivity index (χ0v) is 13.6. The normalized spacial score (nSPS) is 11.7. The van der Waals surface area contributed by atoms with Gasteiger partial charge in [-0.2, -0.15) is 4.98 Å². The van der Waals surface area contributed by atoms with Gasteiger partial charge in [-0.3, -0.25) is 0 Å². The first kappa shape index (κ1) is 15.9. The third-order valence-corrected chi connectivity index (χ3v) is 3.64. The topological polar surface area (TPSA) is 94.6 Å². The monoisotopic (exact) mass is 311 g/mol. The van der Waals surface area contributed by atoms with Crippen LogP contribution in [0.15, 0.2) is 9.68 Å². The van der Waals surface area contributed by atoms with Crippen LogP contribution in [0.4, 0.5) is 0 Å². The van der Waals surface area contributed by atoms with Crippen LogP contribution in [-0.4, -0.2) is 42.9 Å². The molecule has 0 bridgehead atoms. The molecule has 0 aromatic carbocycles. The number of nitrogens with zero attached hydrogens (tertiary/aromatic N) is 6. The second-order valence-corrected chi connectivity index (χ2v) is 6.23. The van der Waals surface area contributed by atoms with Gasteiger partial charge in [0.05, 0.1) is 12.3 Å². The third-order valence-electron chi connectivity index (χ3n) is 2.68. The zero-order valence-electron chi connectivity index (χ0n) is 12.8. The lowest BCUT2D eigenvalue weighted by atomic mass is 10.2. The van der Waals surface area contributed by atoms with E-state index in [1.54, 1.807) is 4.68 Å². The summed E-state index contributed by atoms with van der Waals surface area (Å²) in [6, 6.07) is 0.450. The van der Waals surface area contributed by atoms with Crippen molar-refractivity contribution in [1.82, 2.24) is 35.7 Å². The molecular formula is C12H21N7OS. The molecule has 8 nitrogen and oxygen atoms in total. The summed E-state index contributed by atoms with van der Waals surface area (Å²) in [6.07, 6.45) is 0. The summed E-state index contributed by atoms with van der Waals surface area (Å²) in [7, 11) is 0. The van der Waals surface area contributed by atoms with E-state index in [1.165, 1.54) is 11.8 Å². The Morgan fingerprint density at radius 2 is 2.10 bits per heavy atom. The molecule has 2 rings (SSSR count). The number of hydrogen-bond acceptors (Lipinski definition) is 8. The van der Waals surface area contributed by atoms with Crippen molar-refractivity contribution in [3.63, 3.8) is 0 Å². The van der Waals surface area contributed by atoms with E-state index in [-0.39, 0.29) is 5.92 Å². The molecular weight excluding hydrogens is 290 g/mol. The summed E-state index contributed by atoms with van der Waals surface area (Å²) in [5.74, 6) is 2.15. The minimum Gasteiger partial charge on any atom is -0.339 e. The van der Waals surface area contributed by atoms with Crippen molar-refractivity contribution in [2.24, 2.45) is 0 Å². The highest BCUT2D eigenvalue weighted by molar-refractivity contribution is 7.98. The van der Waals surface area contributed by atoms with Gasteiger partial charge in [-0.15, -0.1) is 5.10 Å². The minimum atomic E-state index is 0.240. The molecule has 0 spiro atoms. The van der Waals surface area contributed by atoms with Gasteiger partial charge in [-0.25, -0.2) is 4.68 Å². The standard InChI is InChI=1S/C12H21N7OS/c1-8(2)11-14-10(16-20-11)7-21-12-15-17-18-19(12)6-5-13-9(3)4/h8-9,13H,5-7H2,1-4H3. The molecule has 0 amide bonds. The van der Waals surface area contributed by atoms with E-state index in [0.717, 1.165) is 18.2 Å². The molecule has 0 aliphatic carbocycles. The second-order valence-electron chi connectivity index (χ2n) is 5.29. The van der Waals surface area contributed by atoms with Crippen molar-refractivity contribution in [3.8, 4) is 0 Å². The molecule has 9 heteroatoms. The average Bonchev–Trinajstić information content (AvgIpc) is 3.04. The summed E-state index contributed by atoms with van der Waals surface area (Å²) in [5, 5.41) is 19.8. The lowest BCUT2D eigenvalue weighted by molar-refractivity contribution is 0.362. The second kappa shape index (κ2) is 7.51. The Hall–Kier alpha value is -1.48. The number of nitrogens with one attached hydrogen (secondary N) is 1. The Kier molecular flexibility index (Phi) is 5.68. The smallest absolute Gasteiger partial charge is 0.229 e. The maximum Gasteiger partial charge on any atom is 0.229 e. The summed E-state index contributed by atoms with van der Waals surface area (Å²) in [6.45, 7) is 9.82. The van der Waals surface area contributed by atoms with E-state index in [4.69, 9.17) is 4.52 Å². The molecule has 2 aromatic heterocycles. The number of hydrogen-bond donors (Lipinski definition) is 1. The van der Waals surface area contributed by atoms with Crippen molar-refractivity contribution < 1.29 is 4.52 Å². The highest BCUT2D eigenvalue weighted by atomic mass is 32.2. The fraction of sp³-hybridized carbons (Fsp3) is 0.750. The van der Waals surface area contributed by atoms with Crippen LogP contribution in [0.5, 0.6) is 0 Å². The summed E-state index contributed by atoms with van der Waals surface area (Å²) >= 11 is 1.50. The number of thioether (sulfide) groups is 1. The van der Waals surface area contributed by atoms with Crippen LogP contribution in [-0.2, 0) is 12.3 Å².